The summed E-state index contributed by atoms with van der Waals surface area (Å²) in [6.07, 6.45) is 0.299. The van der Waals surface area contributed by atoms with Crippen LogP contribution in [0.4, 0.5) is 0 Å². The van der Waals surface area contributed by atoms with E-state index >= 15 is 0 Å². The van der Waals surface area contributed by atoms with E-state index in [4.69, 9.17) is 5.11 Å². The standard InChI is InChI=1S/C6H13NO2/c1-7(2)4-3-6(9)5-8/h5-6,9H,3-4H2,1-2H3/t6-/m0/s1. The van der Waals surface area contributed by atoms with Crippen LogP contribution in [0.2, 0.25) is 0 Å². The first-order valence-electron chi connectivity index (χ1n) is 2.95. The number of hydrogen-bond donors (Lipinski definition) is 1. The molecule has 54 valence electrons. The van der Waals surface area contributed by atoms with Crippen molar-refractivity contribution in [2.24, 2.45) is 0 Å². The van der Waals surface area contributed by atoms with Crippen LogP contribution < -0.4 is 0 Å². The van der Waals surface area contributed by atoms with Gasteiger partial charge in [0.1, 0.15) is 12.4 Å². The lowest BCUT2D eigenvalue weighted by molar-refractivity contribution is -0.115. The van der Waals surface area contributed by atoms with Crippen LogP contribution in [-0.2, 0) is 4.79 Å². The second-order valence-corrected chi connectivity index (χ2v) is 2.30. The van der Waals surface area contributed by atoms with E-state index in [1.54, 1.807) is 0 Å². The lowest BCUT2D eigenvalue weighted by Crippen LogP contribution is -2.19. The van der Waals surface area contributed by atoms with Gasteiger partial charge in [-0.25, -0.2) is 0 Å². The molecule has 3 nitrogen and oxygen atoms in total. The quantitative estimate of drug-likeness (QED) is 0.523. The van der Waals surface area contributed by atoms with Gasteiger partial charge in [-0.3, -0.25) is 0 Å². The van der Waals surface area contributed by atoms with Gasteiger partial charge < -0.3 is 14.8 Å². The number of aliphatic hydroxyl groups excluding tert-OH is 1. The zero-order chi connectivity index (χ0) is 7.28. The van der Waals surface area contributed by atoms with Crippen LogP contribution in [0.5, 0.6) is 0 Å². The van der Waals surface area contributed by atoms with Gasteiger partial charge in [0.15, 0.2) is 0 Å². The van der Waals surface area contributed by atoms with E-state index in [9.17, 15) is 4.79 Å². The molecule has 0 aliphatic rings. The molecule has 0 amide bonds. The van der Waals surface area contributed by atoms with Crippen LogP contribution in [0, 0.1) is 0 Å². The maximum atomic E-state index is 9.85. The Labute approximate surface area is 55.3 Å². The minimum Gasteiger partial charge on any atom is -0.386 e. The van der Waals surface area contributed by atoms with Crippen molar-refractivity contribution < 1.29 is 9.90 Å². The van der Waals surface area contributed by atoms with Crippen LogP contribution in [0.3, 0.4) is 0 Å². The summed E-state index contributed by atoms with van der Waals surface area (Å²) in [5.41, 5.74) is 0. The van der Waals surface area contributed by atoms with Crippen molar-refractivity contribution in [2.45, 2.75) is 12.5 Å². The molecular formula is C6H13NO2. The molecule has 0 aromatic rings. The number of rotatable bonds is 4. The Morgan fingerprint density at radius 3 is 2.56 bits per heavy atom. The molecule has 0 aromatic carbocycles. The van der Waals surface area contributed by atoms with E-state index in [1.807, 2.05) is 19.0 Å². The maximum Gasteiger partial charge on any atom is 0.148 e. The molecule has 0 saturated heterocycles. The third-order valence-electron chi connectivity index (χ3n) is 1.03. The monoisotopic (exact) mass is 131 g/mol. The summed E-state index contributed by atoms with van der Waals surface area (Å²) >= 11 is 0. The maximum absolute atomic E-state index is 9.85. The summed E-state index contributed by atoms with van der Waals surface area (Å²) in [6.45, 7) is 0.750. The highest BCUT2D eigenvalue weighted by Crippen LogP contribution is 1.87. The average molecular weight is 131 g/mol. The Morgan fingerprint density at radius 2 is 2.22 bits per heavy atom. The van der Waals surface area contributed by atoms with E-state index in [-0.39, 0.29) is 0 Å². The number of nitrogens with zero attached hydrogens (tertiary/aromatic N) is 1. The summed E-state index contributed by atoms with van der Waals surface area (Å²) in [7, 11) is 3.80. The highest BCUT2D eigenvalue weighted by molar-refractivity contribution is 5.55. The largest absolute Gasteiger partial charge is 0.386 e. The minimum atomic E-state index is -0.785. The highest BCUT2D eigenvalue weighted by Gasteiger charge is 2.00. The molecule has 0 spiro atoms. The number of carbonyl (C=O) groups is 1. The predicted octanol–water partition coefficient (Wildman–Crippen LogP) is -0.502. The van der Waals surface area contributed by atoms with Crippen molar-refractivity contribution in [3.05, 3.63) is 0 Å². The molecule has 0 aliphatic carbocycles. The summed E-state index contributed by atoms with van der Waals surface area (Å²) in [5.74, 6) is 0. The van der Waals surface area contributed by atoms with Crippen LogP contribution in [0.1, 0.15) is 6.42 Å². The van der Waals surface area contributed by atoms with Gasteiger partial charge in [0.25, 0.3) is 0 Å². The lowest BCUT2D eigenvalue weighted by atomic mass is 10.3. The fraction of sp³-hybridized carbons (Fsp3) is 0.833. The van der Waals surface area contributed by atoms with E-state index in [0.717, 1.165) is 6.54 Å². The molecule has 0 unspecified atom stereocenters. The first kappa shape index (κ1) is 8.59. The Balaban J connectivity index is 3.16. The predicted molar refractivity (Wildman–Crippen MR) is 35.2 cm³/mol. The normalized spacial score (nSPS) is 13.8. The van der Waals surface area contributed by atoms with Crippen molar-refractivity contribution in [3.8, 4) is 0 Å². The van der Waals surface area contributed by atoms with Gasteiger partial charge in [-0.15, -0.1) is 0 Å². The van der Waals surface area contributed by atoms with E-state index in [0.29, 0.717) is 12.7 Å². The van der Waals surface area contributed by atoms with Crippen molar-refractivity contribution in [1.29, 1.82) is 0 Å². The van der Waals surface area contributed by atoms with Crippen molar-refractivity contribution in [1.82, 2.24) is 4.90 Å². The molecule has 0 rings (SSSR count). The second kappa shape index (κ2) is 4.47. The van der Waals surface area contributed by atoms with Crippen LogP contribution in [0.25, 0.3) is 0 Å². The fourth-order valence-electron chi connectivity index (χ4n) is 0.459. The Hall–Kier alpha value is -0.410. The molecule has 0 fully saturated rings. The number of aliphatic hydroxyl groups is 1. The first-order valence-corrected chi connectivity index (χ1v) is 2.95. The third kappa shape index (κ3) is 5.46. The van der Waals surface area contributed by atoms with Gasteiger partial charge in [-0.05, 0) is 20.5 Å². The van der Waals surface area contributed by atoms with Crippen molar-refractivity contribution >= 4 is 6.29 Å². The zero-order valence-corrected chi connectivity index (χ0v) is 5.87. The van der Waals surface area contributed by atoms with Gasteiger partial charge in [0.2, 0.25) is 0 Å². The molecule has 0 radical (unpaired) electrons. The molecule has 0 heterocycles. The van der Waals surface area contributed by atoms with E-state index in [1.165, 1.54) is 0 Å². The molecule has 0 saturated carbocycles. The van der Waals surface area contributed by atoms with E-state index in [2.05, 4.69) is 0 Å². The summed E-state index contributed by atoms with van der Waals surface area (Å²) in [5, 5.41) is 8.71. The van der Waals surface area contributed by atoms with Gasteiger partial charge in [-0.2, -0.15) is 0 Å². The first-order chi connectivity index (χ1) is 4.16. The molecule has 0 bridgehead atoms. The highest BCUT2D eigenvalue weighted by atomic mass is 16.3. The van der Waals surface area contributed by atoms with Gasteiger partial charge >= 0.3 is 0 Å². The zero-order valence-electron chi connectivity index (χ0n) is 5.87. The Morgan fingerprint density at radius 1 is 1.67 bits per heavy atom. The third-order valence-corrected chi connectivity index (χ3v) is 1.03. The summed E-state index contributed by atoms with van der Waals surface area (Å²) < 4.78 is 0. The topological polar surface area (TPSA) is 40.5 Å². The van der Waals surface area contributed by atoms with Crippen LogP contribution in [0.15, 0.2) is 0 Å². The lowest BCUT2D eigenvalue weighted by Gasteiger charge is -2.09. The Bertz CT molecular complexity index is 83.1. The van der Waals surface area contributed by atoms with Crippen molar-refractivity contribution in [3.63, 3.8) is 0 Å². The molecule has 3 heteroatoms. The smallest absolute Gasteiger partial charge is 0.148 e. The molecule has 9 heavy (non-hydrogen) atoms. The summed E-state index contributed by atoms with van der Waals surface area (Å²) in [6, 6.07) is 0. The van der Waals surface area contributed by atoms with E-state index < -0.39 is 6.10 Å². The molecule has 0 aromatic heterocycles. The Kier molecular flexibility index (Phi) is 4.26. The van der Waals surface area contributed by atoms with Crippen LogP contribution >= 0.6 is 0 Å². The SMILES string of the molecule is CN(C)CC[C@H](O)C=O. The van der Waals surface area contributed by atoms with Gasteiger partial charge in [0.05, 0.1) is 0 Å². The minimum absolute atomic E-state index is 0.524. The molecule has 1 atom stereocenters. The van der Waals surface area contributed by atoms with Gasteiger partial charge in [0, 0.05) is 6.54 Å². The van der Waals surface area contributed by atoms with Crippen molar-refractivity contribution in [2.75, 3.05) is 20.6 Å². The fourth-order valence-corrected chi connectivity index (χ4v) is 0.459. The van der Waals surface area contributed by atoms with Crippen LogP contribution in [-0.4, -0.2) is 43.0 Å². The van der Waals surface area contributed by atoms with Gasteiger partial charge in [-0.1, -0.05) is 0 Å². The molecule has 1 N–H and O–H groups in total. The number of carbonyl (C=O) groups excluding carboxylic acids is 1. The molecule has 0 aliphatic heterocycles. The number of hydrogen-bond acceptors (Lipinski definition) is 3. The summed E-state index contributed by atoms with van der Waals surface area (Å²) in [4.78, 5) is 11.8. The second-order valence-electron chi connectivity index (χ2n) is 2.30. The molecular weight excluding hydrogens is 118 g/mol. The number of aldehydes is 1. The average Bonchev–Trinajstić information content (AvgIpc) is 1.83.